The number of aromatic nitrogens is 4. The lowest BCUT2D eigenvalue weighted by atomic mass is 10.3. The molecule has 2 heterocycles. The van der Waals surface area contributed by atoms with Gasteiger partial charge in [0.05, 0.1) is 23.7 Å². The van der Waals surface area contributed by atoms with Crippen molar-refractivity contribution in [2.75, 3.05) is 11.9 Å². The van der Waals surface area contributed by atoms with Crippen LogP contribution in [-0.4, -0.2) is 37.4 Å². The van der Waals surface area contributed by atoms with E-state index in [1.165, 1.54) is 6.33 Å². The summed E-state index contributed by atoms with van der Waals surface area (Å²) in [5.41, 5.74) is 1.41. The van der Waals surface area contributed by atoms with E-state index in [0.29, 0.717) is 21.9 Å². The molecular formula is C14H12ClN5O2. The summed E-state index contributed by atoms with van der Waals surface area (Å²) >= 11 is 6.00. The number of carboxylic acid groups (broad SMARTS) is 1. The number of anilines is 1. The van der Waals surface area contributed by atoms with Crippen LogP contribution in [-0.2, 0) is 4.79 Å². The summed E-state index contributed by atoms with van der Waals surface area (Å²) in [6.45, 7) is 0.282. The number of fused-ring (bicyclic) bond motifs is 1. The Morgan fingerprint density at radius 1 is 1.36 bits per heavy atom. The highest BCUT2D eigenvalue weighted by Crippen LogP contribution is 2.22. The normalized spacial score (nSPS) is 10.8. The van der Waals surface area contributed by atoms with E-state index in [2.05, 4.69) is 20.4 Å². The zero-order valence-electron chi connectivity index (χ0n) is 11.4. The fourth-order valence-corrected chi connectivity index (χ4v) is 2.25. The van der Waals surface area contributed by atoms with Gasteiger partial charge >= 0.3 is 5.97 Å². The Bertz CT molecular complexity index is 833. The maximum Gasteiger partial charge on any atom is 0.305 e. The Morgan fingerprint density at radius 2 is 2.23 bits per heavy atom. The molecule has 0 atom stereocenters. The third kappa shape index (κ3) is 2.84. The largest absolute Gasteiger partial charge is 0.481 e. The van der Waals surface area contributed by atoms with Crippen LogP contribution in [0.3, 0.4) is 0 Å². The Morgan fingerprint density at radius 3 is 3.00 bits per heavy atom. The van der Waals surface area contributed by atoms with Gasteiger partial charge in [0, 0.05) is 11.6 Å². The molecule has 22 heavy (non-hydrogen) atoms. The molecule has 1 aromatic carbocycles. The molecule has 2 N–H and O–H groups in total. The van der Waals surface area contributed by atoms with Gasteiger partial charge in [-0.3, -0.25) is 4.79 Å². The first-order valence-corrected chi connectivity index (χ1v) is 6.93. The van der Waals surface area contributed by atoms with Crippen LogP contribution < -0.4 is 5.32 Å². The van der Waals surface area contributed by atoms with E-state index in [4.69, 9.17) is 16.7 Å². The zero-order valence-corrected chi connectivity index (χ0v) is 12.2. The molecule has 0 bridgehead atoms. The van der Waals surface area contributed by atoms with Crippen molar-refractivity contribution in [1.82, 2.24) is 19.7 Å². The number of carbonyl (C=O) groups is 1. The van der Waals surface area contributed by atoms with Gasteiger partial charge in [-0.25, -0.2) is 14.6 Å². The van der Waals surface area contributed by atoms with Crippen molar-refractivity contribution in [3.05, 3.63) is 41.8 Å². The number of carboxylic acids is 1. The molecule has 0 fully saturated rings. The predicted molar refractivity (Wildman–Crippen MR) is 82.4 cm³/mol. The number of aliphatic carboxylic acids is 1. The summed E-state index contributed by atoms with van der Waals surface area (Å²) < 4.78 is 1.66. The van der Waals surface area contributed by atoms with E-state index < -0.39 is 5.97 Å². The summed E-state index contributed by atoms with van der Waals surface area (Å²) in [5.74, 6) is -0.313. The second kappa shape index (κ2) is 5.98. The van der Waals surface area contributed by atoms with Crippen molar-refractivity contribution in [3.63, 3.8) is 0 Å². The smallest absolute Gasteiger partial charge is 0.305 e. The maximum atomic E-state index is 10.6. The topological polar surface area (TPSA) is 92.9 Å². The Kier molecular flexibility index (Phi) is 3.88. The molecule has 0 radical (unpaired) electrons. The van der Waals surface area contributed by atoms with Crippen LogP contribution in [0.25, 0.3) is 16.7 Å². The molecule has 0 amide bonds. The number of benzene rings is 1. The fourth-order valence-electron chi connectivity index (χ4n) is 2.07. The Hall–Kier alpha value is -2.67. The van der Waals surface area contributed by atoms with Crippen molar-refractivity contribution in [2.45, 2.75) is 6.42 Å². The molecule has 0 aliphatic rings. The monoisotopic (exact) mass is 317 g/mol. The van der Waals surface area contributed by atoms with Crippen LogP contribution in [0.4, 0.5) is 5.82 Å². The molecule has 2 aromatic heterocycles. The van der Waals surface area contributed by atoms with Crippen LogP contribution in [0.15, 0.2) is 36.8 Å². The molecule has 112 valence electrons. The number of nitrogens with one attached hydrogen (secondary N) is 1. The molecule has 3 rings (SSSR count). The van der Waals surface area contributed by atoms with Gasteiger partial charge in [-0.15, -0.1) is 0 Å². The standard InChI is InChI=1S/C14H12ClN5O2/c15-9-2-1-3-10(6-9)20-14-11(7-19-20)13(17-8-18-14)16-5-4-12(21)22/h1-3,6-8H,4-5H2,(H,21,22)(H,16,17,18). The van der Waals surface area contributed by atoms with Crippen LogP contribution in [0.5, 0.6) is 0 Å². The summed E-state index contributed by atoms with van der Waals surface area (Å²) in [5, 5.41) is 17.3. The lowest BCUT2D eigenvalue weighted by molar-refractivity contribution is -0.136. The van der Waals surface area contributed by atoms with Crippen molar-refractivity contribution in [1.29, 1.82) is 0 Å². The number of nitrogens with zero attached hydrogens (tertiary/aromatic N) is 4. The Balaban J connectivity index is 1.96. The van der Waals surface area contributed by atoms with Gasteiger partial charge in [0.15, 0.2) is 5.65 Å². The first-order chi connectivity index (χ1) is 10.6. The van der Waals surface area contributed by atoms with Crippen molar-refractivity contribution in [2.24, 2.45) is 0 Å². The van der Waals surface area contributed by atoms with E-state index in [-0.39, 0.29) is 13.0 Å². The lowest BCUT2D eigenvalue weighted by Crippen LogP contribution is -2.09. The average molecular weight is 318 g/mol. The Labute approximate surface area is 130 Å². The second-order valence-corrected chi connectivity index (χ2v) is 5.00. The van der Waals surface area contributed by atoms with Crippen LogP contribution in [0.2, 0.25) is 5.02 Å². The highest BCUT2D eigenvalue weighted by Gasteiger charge is 2.11. The van der Waals surface area contributed by atoms with Gasteiger partial charge < -0.3 is 10.4 Å². The number of rotatable bonds is 5. The maximum absolute atomic E-state index is 10.6. The van der Waals surface area contributed by atoms with Gasteiger partial charge in [0.1, 0.15) is 12.1 Å². The molecule has 3 aromatic rings. The number of hydrogen-bond donors (Lipinski definition) is 2. The summed E-state index contributed by atoms with van der Waals surface area (Å²) in [4.78, 5) is 18.9. The van der Waals surface area contributed by atoms with Gasteiger partial charge in [-0.05, 0) is 18.2 Å². The van der Waals surface area contributed by atoms with E-state index in [1.807, 2.05) is 12.1 Å². The van der Waals surface area contributed by atoms with E-state index >= 15 is 0 Å². The van der Waals surface area contributed by atoms with Crippen molar-refractivity contribution in [3.8, 4) is 5.69 Å². The molecule has 0 aliphatic heterocycles. The van der Waals surface area contributed by atoms with Crippen LogP contribution >= 0.6 is 11.6 Å². The third-order valence-electron chi connectivity index (χ3n) is 3.05. The molecule has 0 unspecified atom stereocenters. The van der Waals surface area contributed by atoms with Gasteiger partial charge in [-0.2, -0.15) is 5.10 Å². The number of hydrogen-bond acceptors (Lipinski definition) is 5. The van der Waals surface area contributed by atoms with E-state index in [1.54, 1.807) is 23.0 Å². The molecule has 0 aliphatic carbocycles. The summed E-state index contributed by atoms with van der Waals surface area (Å²) in [7, 11) is 0. The highest BCUT2D eigenvalue weighted by atomic mass is 35.5. The van der Waals surface area contributed by atoms with Gasteiger partial charge in [-0.1, -0.05) is 17.7 Å². The summed E-state index contributed by atoms with van der Waals surface area (Å²) in [6, 6.07) is 7.27. The van der Waals surface area contributed by atoms with Gasteiger partial charge in [0.2, 0.25) is 0 Å². The first-order valence-electron chi connectivity index (χ1n) is 6.55. The SMILES string of the molecule is O=C(O)CCNc1ncnc2c1cnn2-c1cccc(Cl)c1. The van der Waals surface area contributed by atoms with E-state index in [0.717, 1.165) is 5.69 Å². The third-order valence-corrected chi connectivity index (χ3v) is 3.28. The molecule has 0 saturated heterocycles. The van der Waals surface area contributed by atoms with Crippen molar-refractivity contribution >= 4 is 34.4 Å². The molecule has 7 nitrogen and oxygen atoms in total. The van der Waals surface area contributed by atoms with Crippen LogP contribution in [0, 0.1) is 0 Å². The number of halogens is 1. The predicted octanol–water partition coefficient (Wildman–Crippen LogP) is 2.36. The minimum Gasteiger partial charge on any atom is -0.481 e. The molecule has 0 spiro atoms. The fraction of sp³-hybridized carbons (Fsp3) is 0.143. The molecule has 8 heteroatoms. The first kappa shape index (κ1) is 14.3. The van der Waals surface area contributed by atoms with Crippen LogP contribution in [0.1, 0.15) is 6.42 Å². The quantitative estimate of drug-likeness (QED) is 0.750. The zero-order chi connectivity index (χ0) is 15.5. The minimum atomic E-state index is -0.868. The van der Waals surface area contributed by atoms with Crippen molar-refractivity contribution < 1.29 is 9.90 Å². The van der Waals surface area contributed by atoms with Gasteiger partial charge in [0.25, 0.3) is 0 Å². The minimum absolute atomic E-state index is 0.00786. The molecule has 0 saturated carbocycles. The summed E-state index contributed by atoms with van der Waals surface area (Å²) in [6.07, 6.45) is 3.06. The van der Waals surface area contributed by atoms with E-state index in [9.17, 15) is 4.79 Å². The lowest BCUT2D eigenvalue weighted by Gasteiger charge is -2.06. The second-order valence-electron chi connectivity index (χ2n) is 4.57. The highest BCUT2D eigenvalue weighted by molar-refractivity contribution is 6.30. The molecular weight excluding hydrogens is 306 g/mol. The average Bonchev–Trinajstić information content (AvgIpc) is 2.92.